The van der Waals surface area contributed by atoms with E-state index in [9.17, 15) is 13.2 Å². The topological polar surface area (TPSA) is 18.5 Å². The fourth-order valence-corrected chi connectivity index (χ4v) is 4.02. The van der Waals surface area contributed by atoms with Crippen molar-refractivity contribution in [3.8, 4) is 0 Å². The van der Waals surface area contributed by atoms with Gasteiger partial charge in [0, 0.05) is 5.41 Å². The molecule has 0 aromatic carbocycles. The van der Waals surface area contributed by atoms with Gasteiger partial charge in [-0.3, -0.25) is 0 Å². The molecule has 0 saturated heterocycles. The Morgan fingerprint density at radius 3 is 1.45 bits per heavy atom. The fraction of sp³-hybridized carbons (Fsp3) is 1.00. The van der Waals surface area contributed by atoms with E-state index in [4.69, 9.17) is 9.47 Å². The third-order valence-corrected chi connectivity index (χ3v) is 6.25. The third-order valence-electron chi connectivity index (χ3n) is 6.25. The molecule has 0 N–H and O–H groups in total. The van der Waals surface area contributed by atoms with Crippen LogP contribution in [-0.2, 0) is 9.47 Å². The van der Waals surface area contributed by atoms with E-state index in [0.29, 0.717) is 20.0 Å². The molecule has 0 radical (unpaired) electrons. The molecule has 0 spiro atoms. The van der Waals surface area contributed by atoms with E-state index in [0.717, 1.165) is 6.92 Å². The quantitative estimate of drug-likeness (QED) is 0.289. The van der Waals surface area contributed by atoms with Gasteiger partial charge < -0.3 is 9.47 Å². The predicted octanol–water partition coefficient (Wildman–Crippen LogP) is 8.29. The molecule has 7 heteroatoms. The number of rotatable bonds is 11. The standard InChI is InChI=1S/C24H45F5O2/c1-12-21(10,23(25,26)22(11,13-2)24(27,28)29)17-30-15-20(9,14-18(3,4)5)16-31-19(6,7)8/h12-17H2,1-11H3. The van der Waals surface area contributed by atoms with Crippen LogP contribution in [0.25, 0.3) is 0 Å². The SMILES string of the molecule is CCC(C)(COCC(C)(COC(C)(C)C)CC(C)(C)C)C(F)(F)C(C)(CC)C(F)(F)F. The molecule has 0 bridgehead atoms. The minimum Gasteiger partial charge on any atom is -0.380 e. The summed E-state index contributed by atoms with van der Waals surface area (Å²) < 4.78 is 83.4. The average Bonchev–Trinajstić information content (AvgIpc) is 2.55. The smallest absolute Gasteiger partial charge is 0.380 e. The van der Waals surface area contributed by atoms with E-state index in [2.05, 4.69) is 20.8 Å². The molecule has 0 heterocycles. The molecule has 188 valence electrons. The van der Waals surface area contributed by atoms with E-state index >= 15 is 8.78 Å². The summed E-state index contributed by atoms with van der Waals surface area (Å²) in [4.78, 5) is 0. The fourth-order valence-electron chi connectivity index (χ4n) is 4.02. The lowest BCUT2D eigenvalue weighted by atomic mass is 9.66. The van der Waals surface area contributed by atoms with Gasteiger partial charge in [-0.2, -0.15) is 13.2 Å². The predicted molar refractivity (Wildman–Crippen MR) is 117 cm³/mol. The molecule has 31 heavy (non-hydrogen) atoms. The van der Waals surface area contributed by atoms with Gasteiger partial charge in [0.15, 0.2) is 0 Å². The van der Waals surface area contributed by atoms with E-state index in [-0.39, 0.29) is 24.0 Å². The van der Waals surface area contributed by atoms with Gasteiger partial charge >= 0.3 is 6.18 Å². The van der Waals surface area contributed by atoms with Crippen molar-refractivity contribution in [3.05, 3.63) is 0 Å². The van der Waals surface area contributed by atoms with E-state index in [1.54, 1.807) is 0 Å². The van der Waals surface area contributed by atoms with Crippen molar-refractivity contribution in [1.82, 2.24) is 0 Å². The van der Waals surface area contributed by atoms with Gasteiger partial charge in [-0.25, -0.2) is 8.78 Å². The molecule has 0 rings (SSSR count). The molecule has 0 aromatic rings. The van der Waals surface area contributed by atoms with Gasteiger partial charge in [0.2, 0.25) is 0 Å². The van der Waals surface area contributed by atoms with Gasteiger partial charge in [0.25, 0.3) is 5.92 Å². The molecule has 0 amide bonds. The van der Waals surface area contributed by atoms with Gasteiger partial charge in [-0.15, -0.1) is 0 Å². The summed E-state index contributed by atoms with van der Waals surface area (Å²) in [6.45, 7) is 18.5. The van der Waals surface area contributed by atoms with Crippen molar-refractivity contribution in [2.75, 3.05) is 19.8 Å². The Hall–Kier alpha value is -0.430. The normalized spacial score (nSPS) is 20.1. The van der Waals surface area contributed by atoms with Gasteiger partial charge in [0.05, 0.1) is 30.8 Å². The first-order valence-corrected chi connectivity index (χ1v) is 11.2. The zero-order chi connectivity index (χ0) is 25.2. The number of hydrogen-bond acceptors (Lipinski definition) is 2. The summed E-state index contributed by atoms with van der Waals surface area (Å²) in [7, 11) is 0. The summed E-state index contributed by atoms with van der Waals surface area (Å²) in [5, 5.41) is 0. The maximum Gasteiger partial charge on any atom is 0.399 e. The third kappa shape index (κ3) is 7.83. The Balaban J connectivity index is 5.67. The highest BCUT2D eigenvalue weighted by molar-refractivity contribution is 5.03. The number of hydrogen-bond donors (Lipinski definition) is 0. The number of ether oxygens (including phenoxy) is 2. The second-order valence-corrected chi connectivity index (χ2v) is 12.1. The highest BCUT2D eigenvalue weighted by Crippen LogP contribution is 2.59. The van der Waals surface area contributed by atoms with Crippen LogP contribution in [0.15, 0.2) is 0 Å². The van der Waals surface area contributed by atoms with Crippen LogP contribution in [0.3, 0.4) is 0 Å². The van der Waals surface area contributed by atoms with E-state index in [1.165, 1.54) is 13.8 Å². The van der Waals surface area contributed by atoms with Crippen LogP contribution >= 0.6 is 0 Å². The number of alkyl halides is 5. The van der Waals surface area contributed by atoms with Crippen molar-refractivity contribution in [2.45, 2.75) is 113 Å². The van der Waals surface area contributed by atoms with Crippen LogP contribution in [0.2, 0.25) is 0 Å². The molecule has 0 aliphatic heterocycles. The molecule has 2 nitrogen and oxygen atoms in total. The monoisotopic (exact) mass is 460 g/mol. The lowest BCUT2D eigenvalue weighted by Crippen LogP contribution is -2.59. The summed E-state index contributed by atoms with van der Waals surface area (Å²) in [5.41, 5.74) is -5.99. The molecule has 0 aliphatic carbocycles. The Kier molecular flexibility index (Phi) is 9.69. The molecule has 0 aromatic heterocycles. The first-order valence-electron chi connectivity index (χ1n) is 11.2. The molecule has 0 saturated carbocycles. The van der Waals surface area contributed by atoms with Crippen LogP contribution in [0.1, 0.15) is 95.4 Å². The highest BCUT2D eigenvalue weighted by atomic mass is 19.4. The Labute approximate surface area is 186 Å². The molecule has 0 aliphatic rings. The van der Waals surface area contributed by atoms with Gasteiger partial charge in [-0.1, -0.05) is 48.5 Å². The zero-order valence-corrected chi connectivity index (χ0v) is 21.4. The lowest BCUT2D eigenvalue weighted by Gasteiger charge is -2.48. The average molecular weight is 461 g/mol. The van der Waals surface area contributed by atoms with Gasteiger partial charge in [-0.05, 0) is 52.4 Å². The minimum atomic E-state index is -5.02. The van der Waals surface area contributed by atoms with E-state index < -0.39 is 41.4 Å². The van der Waals surface area contributed by atoms with Crippen molar-refractivity contribution in [3.63, 3.8) is 0 Å². The minimum absolute atomic E-state index is 0.0611. The van der Waals surface area contributed by atoms with Gasteiger partial charge in [0.1, 0.15) is 5.41 Å². The molecule has 0 fully saturated rings. The van der Waals surface area contributed by atoms with Crippen LogP contribution in [0.4, 0.5) is 22.0 Å². The molecular formula is C24H45F5O2. The summed E-state index contributed by atoms with van der Waals surface area (Å²) in [5.74, 6) is -4.00. The van der Waals surface area contributed by atoms with Crippen molar-refractivity contribution >= 4 is 0 Å². The van der Waals surface area contributed by atoms with E-state index in [1.807, 2.05) is 27.7 Å². The second-order valence-electron chi connectivity index (χ2n) is 12.1. The van der Waals surface area contributed by atoms with Crippen LogP contribution in [-0.4, -0.2) is 37.5 Å². The second kappa shape index (κ2) is 9.82. The largest absolute Gasteiger partial charge is 0.399 e. The van der Waals surface area contributed by atoms with Crippen molar-refractivity contribution in [2.24, 2.45) is 21.7 Å². The highest BCUT2D eigenvalue weighted by Gasteiger charge is 2.70. The Morgan fingerprint density at radius 2 is 1.13 bits per heavy atom. The van der Waals surface area contributed by atoms with Crippen LogP contribution in [0, 0.1) is 21.7 Å². The van der Waals surface area contributed by atoms with Crippen molar-refractivity contribution in [1.29, 1.82) is 0 Å². The summed E-state index contributed by atoms with van der Waals surface area (Å²) in [6, 6.07) is 0. The first-order chi connectivity index (χ1) is 13.5. The maximum atomic E-state index is 15.4. The lowest BCUT2D eigenvalue weighted by molar-refractivity contribution is -0.329. The summed E-state index contributed by atoms with van der Waals surface area (Å²) in [6.07, 6.45) is -5.16. The molecule has 3 unspecified atom stereocenters. The van der Waals surface area contributed by atoms with Crippen LogP contribution < -0.4 is 0 Å². The maximum absolute atomic E-state index is 15.4. The number of halogens is 5. The molecular weight excluding hydrogens is 415 g/mol. The Morgan fingerprint density at radius 1 is 0.645 bits per heavy atom. The first kappa shape index (κ1) is 30.6. The summed E-state index contributed by atoms with van der Waals surface area (Å²) >= 11 is 0. The van der Waals surface area contributed by atoms with Crippen LogP contribution in [0.5, 0.6) is 0 Å². The zero-order valence-electron chi connectivity index (χ0n) is 21.4. The Bertz CT molecular complexity index is 562. The van der Waals surface area contributed by atoms with Crippen molar-refractivity contribution < 1.29 is 31.4 Å². The molecule has 3 atom stereocenters.